The van der Waals surface area contributed by atoms with Crippen LogP contribution in [-0.2, 0) is 9.47 Å². The molecule has 15 nitrogen and oxygen atoms in total. The Balaban J connectivity index is 2.14. The van der Waals surface area contributed by atoms with Gasteiger partial charge in [0.15, 0.2) is 17.2 Å². The van der Waals surface area contributed by atoms with Gasteiger partial charge >= 0.3 is 12.1 Å². The summed E-state index contributed by atoms with van der Waals surface area (Å²) in [4.78, 5) is 54.3. The summed E-state index contributed by atoms with van der Waals surface area (Å²) in [5, 5.41) is 19.9. The molecule has 0 bridgehead atoms. The molecule has 0 aliphatic carbocycles. The number of carbonyl (C=O) groups excluding carboxylic acids is 3. The summed E-state index contributed by atoms with van der Waals surface area (Å²) >= 11 is 0. The lowest BCUT2D eigenvalue weighted by Gasteiger charge is -2.20. The number of aromatic nitrogens is 5. The van der Waals surface area contributed by atoms with E-state index in [0.717, 1.165) is 21.5 Å². The Hall–Kier alpha value is -4.82. The molecule has 0 N–H and O–H groups in total. The summed E-state index contributed by atoms with van der Waals surface area (Å²) in [7, 11) is 2.57. The number of imidazole rings is 1. The average molecular weight is 516 g/mol. The lowest BCUT2D eigenvalue weighted by atomic mass is 10.0. The van der Waals surface area contributed by atoms with E-state index in [-0.39, 0.29) is 18.1 Å². The van der Waals surface area contributed by atoms with E-state index in [2.05, 4.69) is 15.2 Å². The zero-order valence-corrected chi connectivity index (χ0v) is 20.6. The van der Waals surface area contributed by atoms with Crippen LogP contribution in [0.1, 0.15) is 53.5 Å². The van der Waals surface area contributed by atoms with Crippen molar-refractivity contribution in [2.45, 2.75) is 27.0 Å². The van der Waals surface area contributed by atoms with Crippen LogP contribution >= 0.6 is 0 Å². The van der Waals surface area contributed by atoms with Gasteiger partial charge < -0.3 is 18.9 Å². The standard InChI is InChI=1S/C22H24N6O9/c1-6-36-21(30)18-17(19(29)13-9-15(34-4)16(35-5)10-14(13)28(32)33)24-27(25-18)20(12(2)3)37-22(31)26-8-7-23-11-26/h7-12,20H,6H2,1-5H3. The van der Waals surface area contributed by atoms with Gasteiger partial charge in [0.05, 0.1) is 31.8 Å². The average Bonchev–Trinajstić information content (AvgIpc) is 3.56. The van der Waals surface area contributed by atoms with E-state index in [1.165, 1.54) is 32.9 Å². The fourth-order valence-electron chi connectivity index (χ4n) is 3.24. The number of hydrogen-bond acceptors (Lipinski definition) is 12. The maximum absolute atomic E-state index is 13.5. The first-order chi connectivity index (χ1) is 17.6. The number of hydrogen-bond donors (Lipinski definition) is 0. The van der Waals surface area contributed by atoms with Crippen LogP contribution in [0.15, 0.2) is 30.9 Å². The number of nitro benzene ring substituents is 1. The van der Waals surface area contributed by atoms with Crippen molar-refractivity contribution in [1.82, 2.24) is 24.5 Å². The highest BCUT2D eigenvalue weighted by atomic mass is 16.6. The molecular weight excluding hydrogens is 492 g/mol. The SMILES string of the molecule is CCOC(=O)c1nn(C(OC(=O)n2ccnc2)C(C)C)nc1C(=O)c1cc(OC)c(OC)cc1[N+](=O)[O-]. The van der Waals surface area contributed by atoms with Gasteiger partial charge in [-0.3, -0.25) is 14.9 Å². The smallest absolute Gasteiger partial charge is 0.421 e. The normalized spacial score (nSPS) is 11.6. The van der Waals surface area contributed by atoms with E-state index >= 15 is 0 Å². The molecule has 0 aliphatic rings. The van der Waals surface area contributed by atoms with E-state index in [0.29, 0.717) is 0 Å². The van der Waals surface area contributed by atoms with Crippen molar-refractivity contribution in [2.24, 2.45) is 5.92 Å². The molecule has 3 rings (SSSR count). The fraction of sp³-hybridized carbons (Fsp3) is 0.364. The highest BCUT2D eigenvalue weighted by molar-refractivity contribution is 6.14. The largest absolute Gasteiger partial charge is 0.493 e. The summed E-state index contributed by atoms with van der Waals surface area (Å²) < 4.78 is 21.8. The molecule has 37 heavy (non-hydrogen) atoms. The molecule has 0 spiro atoms. The van der Waals surface area contributed by atoms with Crippen molar-refractivity contribution < 1.29 is 38.3 Å². The Morgan fingerprint density at radius 2 is 1.73 bits per heavy atom. The molecule has 0 saturated carbocycles. The molecule has 2 heterocycles. The second-order valence-electron chi connectivity index (χ2n) is 7.74. The van der Waals surface area contributed by atoms with Crippen LogP contribution in [0.5, 0.6) is 11.5 Å². The molecule has 196 valence electrons. The minimum Gasteiger partial charge on any atom is -0.493 e. The molecule has 3 aromatic rings. The first kappa shape index (κ1) is 26.8. The zero-order chi connectivity index (χ0) is 27.3. The Morgan fingerprint density at radius 3 is 2.27 bits per heavy atom. The van der Waals surface area contributed by atoms with Crippen LogP contribution < -0.4 is 9.47 Å². The van der Waals surface area contributed by atoms with Crippen LogP contribution in [-0.4, -0.2) is 68.1 Å². The maximum Gasteiger partial charge on any atom is 0.421 e. The molecule has 1 atom stereocenters. The molecule has 0 saturated heterocycles. The van der Waals surface area contributed by atoms with Crippen molar-refractivity contribution in [2.75, 3.05) is 20.8 Å². The molecule has 0 fully saturated rings. The lowest BCUT2D eigenvalue weighted by molar-refractivity contribution is -0.385. The van der Waals surface area contributed by atoms with Gasteiger partial charge in [-0.2, -0.15) is 0 Å². The van der Waals surface area contributed by atoms with Crippen molar-refractivity contribution in [3.63, 3.8) is 0 Å². The quantitative estimate of drug-likeness (QED) is 0.167. The van der Waals surface area contributed by atoms with Crippen LogP contribution in [0.3, 0.4) is 0 Å². The first-order valence-electron chi connectivity index (χ1n) is 10.9. The van der Waals surface area contributed by atoms with E-state index in [1.807, 2.05) is 0 Å². The summed E-state index contributed by atoms with van der Waals surface area (Å²) in [5.41, 5.74) is -2.10. The van der Waals surface area contributed by atoms with Crippen LogP contribution in [0, 0.1) is 16.0 Å². The number of ether oxygens (including phenoxy) is 4. The molecule has 0 radical (unpaired) electrons. The highest BCUT2D eigenvalue weighted by Gasteiger charge is 2.34. The van der Waals surface area contributed by atoms with Crippen LogP contribution in [0.4, 0.5) is 10.5 Å². The van der Waals surface area contributed by atoms with Gasteiger partial charge in [0, 0.05) is 24.4 Å². The second-order valence-corrected chi connectivity index (χ2v) is 7.74. The van der Waals surface area contributed by atoms with Gasteiger partial charge in [0.25, 0.3) is 5.69 Å². The van der Waals surface area contributed by atoms with Crippen molar-refractivity contribution in [1.29, 1.82) is 0 Å². The number of esters is 1. The van der Waals surface area contributed by atoms with Gasteiger partial charge in [-0.1, -0.05) is 13.8 Å². The molecule has 2 aromatic heterocycles. The third-order valence-corrected chi connectivity index (χ3v) is 4.99. The molecule has 15 heteroatoms. The van der Waals surface area contributed by atoms with Gasteiger partial charge in [-0.05, 0) is 6.92 Å². The van der Waals surface area contributed by atoms with E-state index in [4.69, 9.17) is 18.9 Å². The van der Waals surface area contributed by atoms with Crippen LogP contribution in [0.2, 0.25) is 0 Å². The molecule has 1 aromatic carbocycles. The third-order valence-electron chi connectivity index (χ3n) is 4.99. The topological polar surface area (TPSA) is 180 Å². The summed E-state index contributed by atoms with van der Waals surface area (Å²) in [5.74, 6) is -2.37. The Kier molecular flexibility index (Phi) is 8.16. The first-order valence-corrected chi connectivity index (χ1v) is 10.9. The lowest BCUT2D eigenvalue weighted by Crippen LogP contribution is -2.26. The number of rotatable bonds is 10. The minimum absolute atomic E-state index is 0.0197. The zero-order valence-electron chi connectivity index (χ0n) is 20.6. The van der Waals surface area contributed by atoms with Gasteiger partial charge in [-0.25, -0.2) is 19.1 Å². The number of methoxy groups -OCH3 is 2. The molecular formula is C22H24N6O9. The number of nitrogens with zero attached hydrogens (tertiary/aromatic N) is 6. The second kappa shape index (κ2) is 11.3. The predicted octanol–water partition coefficient (Wildman–Crippen LogP) is 2.65. The van der Waals surface area contributed by atoms with Gasteiger partial charge in [0.2, 0.25) is 17.7 Å². The molecule has 0 amide bonds. The number of carbonyl (C=O) groups is 3. The number of benzene rings is 1. The minimum atomic E-state index is -1.16. The maximum atomic E-state index is 13.5. The highest BCUT2D eigenvalue weighted by Crippen LogP contribution is 2.36. The fourth-order valence-corrected chi connectivity index (χ4v) is 3.24. The Labute approximate surface area is 210 Å². The predicted molar refractivity (Wildman–Crippen MR) is 124 cm³/mol. The molecule has 0 aliphatic heterocycles. The third kappa shape index (κ3) is 5.55. The van der Waals surface area contributed by atoms with Gasteiger partial charge in [0.1, 0.15) is 11.9 Å². The van der Waals surface area contributed by atoms with Crippen LogP contribution in [0.25, 0.3) is 0 Å². The van der Waals surface area contributed by atoms with E-state index < -0.39 is 57.6 Å². The van der Waals surface area contributed by atoms with Gasteiger partial charge in [-0.15, -0.1) is 15.0 Å². The summed E-state index contributed by atoms with van der Waals surface area (Å²) in [6.07, 6.45) is 2.00. The molecule has 1 unspecified atom stereocenters. The summed E-state index contributed by atoms with van der Waals surface area (Å²) in [6.45, 7) is 4.89. The number of ketones is 1. The van der Waals surface area contributed by atoms with Crippen molar-refractivity contribution >= 4 is 23.5 Å². The monoisotopic (exact) mass is 516 g/mol. The number of nitro groups is 1. The Bertz CT molecular complexity index is 1320. The van der Waals surface area contributed by atoms with Crippen molar-refractivity contribution in [3.05, 3.63) is 57.9 Å². The van der Waals surface area contributed by atoms with E-state index in [1.54, 1.807) is 20.8 Å². The Morgan fingerprint density at radius 1 is 1.08 bits per heavy atom. The summed E-state index contributed by atoms with van der Waals surface area (Å²) in [6, 6.07) is 2.12. The van der Waals surface area contributed by atoms with Crippen molar-refractivity contribution in [3.8, 4) is 11.5 Å². The van der Waals surface area contributed by atoms with E-state index in [9.17, 15) is 24.5 Å².